The fraction of sp³-hybridized carbons (Fsp3) is 0.500. The van der Waals surface area contributed by atoms with E-state index in [0.717, 1.165) is 30.0 Å². The Kier molecular flexibility index (Phi) is 10.00. The van der Waals surface area contributed by atoms with Crippen molar-refractivity contribution in [2.75, 3.05) is 13.2 Å². The van der Waals surface area contributed by atoms with Gasteiger partial charge < -0.3 is 29.7 Å². The molecule has 11 nitrogen and oxygen atoms in total. The molecule has 6 rings (SSSR count). The van der Waals surface area contributed by atoms with Gasteiger partial charge in [-0.05, 0) is 77.0 Å². The van der Waals surface area contributed by atoms with Gasteiger partial charge in [0.1, 0.15) is 35.1 Å². The van der Waals surface area contributed by atoms with Crippen LogP contribution in [-0.2, 0) is 23.9 Å². The molecule has 0 spiro atoms. The number of carbonyl (C=O) groups is 4. The van der Waals surface area contributed by atoms with Crippen molar-refractivity contribution in [2.45, 2.75) is 102 Å². The summed E-state index contributed by atoms with van der Waals surface area (Å²) in [5.74, 6) is -1.91. The first-order valence-corrected chi connectivity index (χ1v) is 17.5. The van der Waals surface area contributed by atoms with Gasteiger partial charge in [0.05, 0.1) is 18.7 Å². The van der Waals surface area contributed by atoms with E-state index in [-0.39, 0.29) is 31.4 Å². The number of esters is 1. The zero-order valence-electron chi connectivity index (χ0n) is 29.0. The maximum absolute atomic E-state index is 14.4. The number of hydrogen-bond donors (Lipinski definition) is 2. The average Bonchev–Trinajstić information content (AvgIpc) is 3.59. The summed E-state index contributed by atoms with van der Waals surface area (Å²) in [7, 11) is 0. The molecule has 2 N–H and O–H groups in total. The molecule has 5 atom stereocenters. The lowest BCUT2D eigenvalue weighted by Crippen LogP contribution is -2.56. The number of nitrogens with zero attached hydrogens (tertiary/aromatic N) is 2. The first kappa shape index (κ1) is 35.1. The van der Waals surface area contributed by atoms with Crippen molar-refractivity contribution in [3.05, 3.63) is 60.4 Å². The van der Waals surface area contributed by atoms with E-state index < -0.39 is 59.0 Å². The molecule has 0 unspecified atom stereocenters. The maximum Gasteiger partial charge on any atom is 0.408 e. The zero-order valence-corrected chi connectivity index (χ0v) is 29.0. The highest BCUT2D eigenvalue weighted by atomic mass is 19.1. The Labute approximate surface area is 290 Å². The van der Waals surface area contributed by atoms with Gasteiger partial charge in [-0.2, -0.15) is 0 Å². The number of halogens is 1. The summed E-state index contributed by atoms with van der Waals surface area (Å²) in [6.45, 7) is 7.10. The van der Waals surface area contributed by atoms with E-state index in [1.807, 2.05) is 36.4 Å². The molecule has 0 radical (unpaired) electrons. The van der Waals surface area contributed by atoms with E-state index in [0.29, 0.717) is 30.2 Å². The van der Waals surface area contributed by atoms with Crippen LogP contribution in [0.25, 0.3) is 21.7 Å². The van der Waals surface area contributed by atoms with E-state index in [1.165, 1.54) is 17.0 Å². The van der Waals surface area contributed by atoms with Gasteiger partial charge in [0.15, 0.2) is 0 Å². The number of ether oxygens (including phenoxy) is 3. The Morgan fingerprint density at radius 1 is 1.08 bits per heavy atom. The number of alkyl carbamates (subject to hydrolysis) is 1. The van der Waals surface area contributed by atoms with Gasteiger partial charge in [-0.1, -0.05) is 43.2 Å². The second kappa shape index (κ2) is 14.2. The van der Waals surface area contributed by atoms with Gasteiger partial charge in [-0.3, -0.25) is 9.59 Å². The van der Waals surface area contributed by atoms with Crippen LogP contribution in [0.2, 0.25) is 0 Å². The van der Waals surface area contributed by atoms with Crippen molar-refractivity contribution >= 4 is 45.6 Å². The van der Waals surface area contributed by atoms with Crippen LogP contribution in [0.4, 0.5) is 9.18 Å². The average molecular weight is 689 g/mol. The van der Waals surface area contributed by atoms with Crippen LogP contribution in [0.15, 0.2) is 54.6 Å². The lowest BCUT2D eigenvalue weighted by atomic mass is 10.0. The highest BCUT2D eigenvalue weighted by molar-refractivity contribution is 6.07. The normalized spacial score (nSPS) is 26.5. The minimum absolute atomic E-state index is 0.0103. The van der Waals surface area contributed by atoms with E-state index in [1.54, 1.807) is 33.8 Å². The van der Waals surface area contributed by atoms with Crippen molar-refractivity contribution < 1.29 is 37.8 Å². The van der Waals surface area contributed by atoms with Crippen LogP contribution in [0.3, 0.4) is 0 Å². The number of allylic oxidation sites excluding steroid dienone is 1. The van der Waals surface area contributed by atoms with Crippen LogP contribution < -0.4 is 15.4 Å². The van der Waals surface area contributed by atoms with Gasteiger partial charge in [0, 0.05) is 29.2 Å². The minimum atomic E-state index is -1.23. The standard InChI is InChI=1S/C38H45FN4O7/c1-5-48-35(46)38-21-23(38)13-9-7-6-8-10-16-29(41-36(47)50-37(2,3)4)34(45)43-22-25(20-31(43)32(44)42-38)49-33-28-15-12-11-14-26(28)27-18-17-24(39)19-30(27)40-33/h9,11-15,17-19,23,25,29,31H,5-8,10,16,20-22H2,1-4H3,(H,41,47)(H,42,44)/b13-9-/t23-,25-,29+,31+,38-/m1/s1. The third-order valence-corrected chi connectivity index (χ3v) is 9.48. The molecule has 3 heterocycles. The maximum atomic E-state index is 14.4. The van der Waals surface area contributed by atoms with E-state index >= 15 is 0 Å². The molecule has 2 fully saturated rings. The molecule has 50 heavy (non-hydrogen) atoms. The summed E-state index contributed by atoms with van der Waals surface area (Å²) in [5, 5.41) is 8.00. The summed E-state index contributed by atoms with van der Waals surface area (Å²) in [6, 6.07) is 9.90. The third-order valence-electron chi connectivity index (χ3n) is 9.48. The molecule has 1 aromatic heterocycles. The number of amides is 3. The molecule has 2 aliphatic heterocycles. The van der Waals surface area contributed by atoms with Gasteiger partial charge >= 0.3 is 12.1 Å². The fourth-order valence-electron chi connectivity index (χ4n) is 6.99. The lowest BCUT2D eigenvalue weighted by molar-refractivity contribution is -0.150. The molecular weight excluding hydrogens is 643 g/mol. The summed E-state index contributed by atoms with van der Waals surface area (Å²) in [4.78, 5) is 60.9. The van der Waals surface area contributed by atoms with Gasteiger partial charge in [-0.25, -0.2) is 19.0 Å². The highest BCUT2D eigenvalue weighted by Gasteiger charge is 2.62. The van der Waals surface area contributed by atoms with Crippen molar-refractivity contribution in [1.29, 1.82) is 0 Å². The van der Waals surface area contributed by atoms with Crippen molar-refractivity contribution in [3.8, 4) is 5.88 Å². The Bertz CT molecular complexity index is 1820. The predicted octanol–water partition coefficient (Wildman–Crippen LogP) is 5.73. The molecule has 12 heteroatoms. The molecule has 2 aromatic carbocycles. The first-order valence-electron chi connectivity index (χ1n) is 17.5. The number of nitrogens with one attached hydrogen (secondary N) is 2. The molecule has 3 aromatic rings. The number of benzene rings is 2. The second-order valence-electron chi connectivity index (χ2n) is 14.4. The first-order chi connectivity index (χ1) is 23.9. The van der Waals surface area contributed by atoms with Crippen molar-refractivity contribution in [2.24, 2.45) is 5.92 Å². The Morgan fingerprint density at radius 2 is 1.86 bits per heavy atom. The van der Waals surface area contributed by atoms with Gasteiger partial charge in [0.2, 0.25) is 17.7 Å². The molecule has 3 amide bonds. The number of hydrogen-bond acceptors (Lipinski definition) is 8. The molecule has 1 saturated heterocycles. The summed E-state index contributed by atoms with van der Waals surface area (Å²) >= 11 is 0. The molecule has 266 valence electrons. The Morgan fingerprint density at radius 3 is 2.62 bits per heavy atom. The van der Waals surface area contributed by atoms with Crippen LogP contribution in [0.5, 0.6) is 5.88 Å². The Balaban J connectivity index is 1.34. The lowest BCUT2D eigenvalue weighted by Gasteiger charge is -2.30. The number of rotatable bonds is 5. The van der Waals surface area contributed by atoms with Crippen LogP contribution in [-0.4, -0.2) is 76.2 Å². The molecule has 1 aliphatic carbocycles. The van der Waals surface area contributed by atoms with Crippen molar-refractivity contribution in [1.82, 2.24) is 20.5 Å². The van der Waals surface area contributed by atoms with Crippen LogP contribution >= 0.6 is 0 Å². The minimum Gasteiger partial charge on any atom is -0.472 e. The summed E-state index contributed by atoms with van der Waals surface area (Å²) in [5.41, 5.74) is -1.60. The summed E-state index contributed by atoms with van der Waals surface area (Å²) < 4.78 is 31.6. The Hall–Kier alpha value is -4.74. The zero-order chi connectivity index (χ0) is 35.6. The van der Waals surface area contributed by atoms with E-state index in [9.17, 15) is 23.6 Å². The number of aromatic nitrogens is 1. The monoisotopic (exact) mass is 688 g/mol. The molecule has 3 aliphatic rings. The van der Waals surface area contributed by atoms with E-state index in [2.05, 4.69) is 15.6 Å². The van der Waals surface area contributed by atoms with Gasteiger partial charge in [0.25, 0.3) is 0 Å². The van der Waals surface area contributed by atoms with E-state index in [4.69, 9.17) is 14.2 Å². The number of carbonyl (C=O) groups excluding carboxylic acids is 4. The molecule has 0 bridgehead atoms. The van der Waals surface area contributed by atoms with Crippen LogP contribution in [0, 0.1) is 11.7 Å². The topological polar surface area (TPSA) is 136 Å². The smallest absolute Gasteiger partial charge is 0.408 e. The molecular formula is C38H45FN4O7. The number of fused-ring (bicyclic) bond motifs is 5. The largest absolute Gasteiger partial charge is 0.472 e. The fourth-order valence-corrected chi connectivity index (χ4v) is 6.99. The second-order valence-corrected chi connectivity index (χ2v) is 14.4. The number of pyridine rings is 1. The highest BCUT2D eigenvalue weighted by Crippen LogP contribution is 2.46. The third kappa shape index (κ3) is 7.53. The predicted molar refractivity (Wildman–Crippen MR) is 185 cm³/mol. The SMILES string of the molecule is CCOC(=O)[C@@]12C[C@H]1/C=C\CCCCC[C@H](NC(=O)OC(C)(C)C)C(=O)N1C[C@H](Oc3nc4cc(F)ccc4c4ccccc34)C[C@H]1C(=O)N2. The molecule has 1 saturated carbocycles. The summed E-state index contributed by atoms with van der Waals surface area (Å²) in [6.07, 6.45) is 6.50. The van der Waals surface area contributed by atoms with Crippen LogP contribution in [0.1, 0.15) is 72.6 Å². The van der Waals surface area contributed by atoms with Crippen molar-refractivity contribution in [3.63, 3.8) is 0 Å². The van der Waals surface area contributed by atoms with Gasteiger partial charge in [-0.15, -0.1) is 0 Å². The quantitative estimate of drug-likeness (QED) is 0.197.